The highest BCUT2D eigenvalue weighted by Gasteiger charge is 2.29. The highest BCUT2D eigenvalue weighted by atomic mass is 35.5. The Morgan fingerprint density at radius 2 is 1.46 bits per heavy atom. The van der Waals surface area contributed by atoms with Crippen molar-refractivity contribution in [1.29, 1.82) is 0 Å². The number of carbonyl (C=O) groups is 1. The van der Waals surface area contributed by atoms with Crippen molar-refractivity contribution in [2.75, 3.05) is 39.3 Å². The normalized spacial score (nSPS) is 16.1. The first-order chi connectivity index (χ1) is 16.8. The van der Waals surface area contributed by atoms with E-state index < -0.39 is 16.1 Å². The lowest BCUT2D eigenvalue weighted by Crippen LogP contribution is -2.50. The van der Waals surface area contributed by atoms with Crippen LogP contribution in [-0.4, -0.2) is 73.9 Å². The van der Waals surface area contributed by atoms with Crippen molar-refractivity contribution in [1.82, 2.24) is 9.21 Å². The van der Waals surface area contributed by atoms with Crippen LogP contribution in [0.3, 0.4) is 0 Å². The molecule has 4 rings (SSSR count). The average molecular weight is 515 g/mol. The van der Waals surface area contributed by atoms with Gasteiger partial charge in [-0.3, -0.25) is 9.69 Å². The minimum absolute atomic E-state index is 0.0903. The number of ether oxygens (including phenoxy) is 1. The van der Waals surface area contributed by atoms with E-state index in [9.17, 15) is 18.3 Å². The number of benzene rings is 3. The van der Waals surface area contributed by atoms with Crippen LogP contribution < -0.4 is 4.74 Å². The van der Waals surface area contributed by atoms with E-state index in [1.54, 1.807) is 78.9 Å². The molecule has 1 atom stereocenters. The summed E-state index contributed by atoms with van der Waals surface area (Å²) in [5.74, 6) is 0.442. The molecular weight excluding hydrogens is 488 g/mol. The molecule has 3 aromatic rings. The maximum absolute atomic E-state index is 12.7. The number of β-amino-alcohol motifs (C(OH)–C–C–N with tert-alkyl or cyclic N) is 1. The average Bonchev–Trinajstić information content (AvgIpc) is 2.89. The lowest BCUT2D eigenvalue weighted by molar-refractivity contribution is 0.0569. The molecule has 1 saturated heterocycles. The van der Waals surface area contributed by atoms with Crippen molar-refractivity contribution in [3.8, 4) is 5.75 Å². The first-order valence-electron chi connectivity index (χ1n) is 11.3. The molecule has 9 heteroatoms. The van der Waals surface area contributed by atoms with Gasteiger partial charge in [-0.1, -0.05) is 29.8 Å². The van der Waals surface area contributed by atoms with Crippen LogP contribution in [0.1, 0.15) is 15.9 Å². The zero-order valence-corrected chi connectivity index (χ0v) is 20.7. The van der Waals surface area contributed by atoms with Crippen LogP contribution in [0.5, 0.6) is 5.75 Å². The van der Waals surface area contributed by atoms with Gasteiger partial charge >= 0.3 is 0 Å². The van der Waals surface area contributed by atoms with E-state index in [1.165, 1.54) is 4.31 Å². The van der Waals surface area contributed by atoms with Crippen molar-refractivity contribution in [3.63, 3.8) is 0 Å². The van der Waals surface area contributed by atoms with E-state index in [1.807, 2.05) is 4.90 Å². The van der Waals surface area contributed by atoms with E-state index in [0.29, 0.717) is 59.5 Å². The monoisotopic (exact) mass is 514 g/mol. The summed E-state index contributed by atoms with van der Waals surface area (Å²) in [5, 5.41) is 11.0. The van der Waals surface area contributed by atoms with E-state index >= 15 is 0 Å². The third kappa shape index (κ3) is 6.48. The molecule has 0 spiro atoms. The van der Waals surface area contributed by atoms with E-state index in [0.717, 1.165) is 0 Å². The Balaban J connectivity index is 1.23. The summed E-state index contributed by atoms with van der Waals surface area (Å²) in [6.07, 6.45) is -0.734. The molecule has 0 aliphatic carbocycles. The molecule has 0 saturated carbocycles. The Labute approximate surface area is 210 Å². The zero-order chi connectivity index (χ0) is 24.8. The van der Waals surface area contributed by atoms with Gasteiger partial charge in [0.25, 0.3) is 0 Å². The molecule has 1 aliphatic rings. The van der Waals surface area contributed by atoms with Crippen molar-refractivity contribution in [2.24, 2.45) is 0 Å². The topological polar surface area (TPSA) is 87.2 Å². The van der Waals surface area contributed by atoms with Gasteiger partial charge in [0, 0.05) is 48.9 Å². The standard InChI is InChI=1S/C26H27ClN2O5S/c27-22-10-6-20(7-11-22)26(31)21-8-12-24(13-9-21)34-19-23(30)18-28-14-16-29(17-15-28)35(32,33)25-4-2-1-3-5-25/h1-13,23,30H,14-19H2. The van der Waals surface area contributed by atoms with Crippen LogP contribution in [-0.2, 0) is 10.0 Å². The highest BCUT2D eigenvalue weighted by Crippen LogP contribution is 2.19. The Bertz CT molecular complexity index is 1230. The van der Waals surface area contributed by atoms with E-state index in [-0.39, 0.29) is 12.4 Å². The van der Waals surface area contributed by atoms with Crippen molar-refractivity contribution < 1.29 is 23.1 Å². The molecule has 1 aliphatic heterocycles. The van der Waals surface area contributed by atoms with Gasteiger partial charge < -0.3 is 9.84 Å². The number of aliphatic hydroxyl groups excluding tert-OH is 1. The highest BCUT2D eigenvalue weighted by molar-refractivity contribution is 7.89. The lowest BCUT2D eigenvalue weighted by Gasteiger charge is -2.34. The van der Waals surface area contributed by atoms with Crippen LogP contribution in [0, 0.1) is 0 Å². The van der Waals surface area contributed by atoms with Crippen LogP contribution in [0.25, 0.3) is 0 Å². The number of ketones is 1. The number of rotatable bonds is 9. The van der Waals surface area contributed by atoms with Crippen LogP contribution in [0.2, 0.25) is 5.02 Å². The minimum atomic E-state index is -3.50. The fourth-order valence-electron chi connectivity index (χ4n) is 3.91. The number of hydrogen-bond donors (Lipinski definition) is 1. The Kier molecular flexibility index (Phi) is 8.20. The van der Waals surface area contributed by atoms with Gasteiger partial charge in [-0.25, -0.2) is 8.42 Å². The SMILES string of the molecule is O=C(c1ccc(Cl)cc1)c1ccc(OCC(O)CN2CCN(S(=O)(=O)c3ccccc3)CC2)cc1. The minimum Gasteiger partial charge on any atom is -0.491 e. The van der Waals surface area contributed by atoms with Crippen LogP contribution in [0.4, 0.5) is 0 Å². The second-order valence-corrected chi connectivity index (χ2v) is 10.7. The lowest BCUT2D eigenvalue weighted by atomic mass is 10.0. The number of aliphatic hydroxyl groups is 1. The van der Waals surface area contributed by atoms with E-state index in [4.69, 9.17) is 16.3 Å². The predicted molar refractivity (Wildman–Crippen MR) is 134 cm³/mol. The fourth-order valence-corrected chi connectivity index (χ4v) is 5.48. The molecule has 184 valence electrons. The largest absolute Gasteiger partial charge is 0.491 e. The second kappa shape index (κ2) is 11.3. The Morgan fingerprint density at radius 1 is 0.886 bits per heavy atom. The molecule has 1 fully saturated rings. The summed E-state index contributed by atoms with van der Waals surface area (Å²) in [4.78, 5) is 14.9. The molecule has 0 bridgehead atoms. The molecule has 0 aromatic heterocycles. The van der Waals surface area contributed by atoms with Crippen LogP contribution >= 0.6 is 11.6 Å². The van der Waals surface area contributed by atoms with E-state index in [2.05, 4.69) is 0 Å². The summed E-state index contributed by atoms with van der Waals surface area (Å²) >= 11 is 5.87. The van der Waals surface area contributed by atoms with Gasteiger partial charge in [-0.15, -0.1) is 0 Å². The first-order valence-corrected chi connectivity index (χ1v) is 13.1. The summed E-state index contributed by atoms with van der Waals surface area (Å²) in [6, 6.07) is 21.9. The molecule has 35 heavy (non-hydrogen) atoms. The molecular formula is C26H27ClN2O5S. The smallest absolute Gasteiger partial charge is 0.243 e. The molecule has 7 nitrogen and oxygen atoms in total. The molecule has 0 amide bonds. The number of sulfonamides is 1. The van der Waals surface area contributed by atoms with Gasteiger partial charge in [-0.05, 0) is 60.7 Å². The summed E-state index contributed by atoms with van der Waals surface area (Å²) < 4.78 is 32.7. The Morgan fingerprint density at radius 3 is 2.06 bits per heavy atom. The van der Waals surface area contributed by atoms with Crippen molar-refractivity contribution in [3.05, 3.63) is 95.0 Å². The Hall–Kier alpha value is -2.75. The summed E-state index contributed by atoms with van der Waals surface area (Å²) in [5.41, 5.74) is 1.08. The predicted octanol–water partition coefficient (Wildman–Crippen LogP) is 3.32. The van der Waals surface area contributed by atoms with Crippen molar-refractivity contribution >= 4 is 27.4 Å². The quantitative estimate of drug-likeness (QED) is 0.441. The van der Waals surface area contributed by atoms with Gasteiger partial charge in [0.05, 0.1) is 4.90 Å². The molecule has 3 aromatic carbocycles. The third-order valence-electron chi connectivity index (χ3n) is 5.85. The number of hydrogen-bond acceptors (Lipinski definition) is 6. The van der Waals surface area contributed by atoms with Crippen molar-refractivity contribution in [2.45, 2.75) is 11.0 Å². The van der Waals surface area contributed by atoms with Gasteiger partial charge in [0.15, 0.2) is 5.78 Å². The van der Waals surface area contributed by atoms with Gasteiger partial charge in [0.1, 0.15) is 18.5 Å². The molecule has 0 radical (unpaired) electrons. The van der Waals surface area contributed by atoms with Gasteiger partial charge in [0.2, 0.25) is 10.0 Å². The van der Waals surface area contributed by atoms with Crippen LogP contribution in [0.15, 0.2) is 83.8 Å². The molecule has 1 unspecified atom stereocenters. The third-order valence-corrected chi connectivity index (χ3v) is 8.01. The molecule has 1 N–H and O–H groups in total. The first kappa shape index (κ1) is 25.3. The maximum atomic E-state index is 12.7. The fraction of sp³-hybridized carbons (Fsp3) is 0.269. The number of nitrogens with zero attached hydrogens (tertiary/aromatic N) is 2. The number of halogens is 1. The maximum Gasteiger partial charge on any atom is 0.243 e. The number of carbonyl (C=O) groups excluding carboxylic acids is 1. The molecule has 1 heterocycles. The summed E-state index contributed by atoms with van der Waals surface area (Å²) in [6.45, 7) is 2.27. The van der Waals surface area contributed by atoms with Gasteiger partial charge in [-0.2, -0.15) is 4.31 Å². The zero-order valence-electron chi connectivity index (χ0n) is 19.1. The number of piperazine rings is 1. The second-order valence-electron chi connectivity index (χ2n) is 8.34. The summed E-state index contributed by atoms with van der Waals surface area (Å²) in [7, 11) is -3.50.